The van der Waals surface area contributed by atoms with Crippen LogP contribution in [0.5, 0.6) is 0 Å². The van der Waals surface area contributed by atoms with Crippen LogP contribution in [0, 0.1) is 0 Å². The molecule has 0 rings (SSSR count). The summed E-state index contributed by atoms with van der Waals surface area (Å²) >= 11 is 0. The summed E-state index contributed by atoms with van der Waals surface area (Å²) in [6, 6.07) is -0.215. The molecule has 0 saturated carbocycles. The smallest absolute Gasteiger partial charge is 0.0662 e. The molecule has 0 radical (unpaired) electrons. The normalized spacial score (nSPS) is 20.7. The molecule has 0 aromatic rings. The van der Waals surface area contributed by atoms with Gasteiger partial charge in [-0.1, -0.05) is 6.92 Å². The summed E-state index contributed by atoms with van der Waals surface area (Å²) in [5.41, 5.74) is 5.36. The van der Waals surface area contributed by atoms with E-state index in [1.807, 2.05) is 6.92 Å². The molecule has 7 heavy (non-hydrogen) atoms. The van der Waals surface area contributed by atoms with E-state index in [-0.39, 0.29) is 12.9 Å². The zero-order valence-corrected chi connectivity index (χ0v) is 4.59. The van der Waals surface area contributed by atoms with E-state index in [1.165, 1.54) is 0 Å². The van der Waals surface area contributed by atoms with Gasteiger partial charge in [-0.15, -0.1) is 0 Å². The van der Waals surface area contributed by atoms with E-state index in [1.54, 1.807) is 0 Å². The van der Waals surface area contributed by atoms with Crippen molar-refractivity contribution in [3.63, 3.8) is 0 Å². The van der Waals surface area contributed by atoms with Crippen molar-refractivity contribution in [1.82, 2.24) is 0 Å². The molecule has 0 fully saturated rings. The van der Waals surface area contributed by atoms with Gasteiger partial charge in [0, 0.05) is 7.41 Å². The fraction of sp³-hybridized carbons (Fsp3) is 1.00. The van der Waals surface area contributed by atoms with Crippen LogP contribution in [-0.2, 0) is 0 Å². The summed E-state index contributed by atoms with van der Waals surface area (Å²) in [4.78, 5) is 0. The number of nitrogens with two attached hydrogens (primary N) is 1. The average molecular weight is 104 g/mol. The maximum Gasteiger partial charge on any atom is 0.0662 e. The Morgan fingerprint density at radius 1 is 2.00 bits per heavy atom. The Morgan fingerprint density at radius 3 is 2.71 bits per heavy atom. The predicted octanol–water partition coefficient (Wildman–Crippen LogP) is 0.104. The second kappa shape index (κ2) is 2.99. The van der Waals surface area contributed by atoms with Crippen molar-refractivity contribution in [1.29, 1.82) is 0 Å². The minimum Gasteiger partial charge on any atom is -0.392 e. The van der Waals surface area contributed by atoms with E-state index in [4.69, 9.17) is 12.2 Å². The van der Waals surface area contributed by atoms with Gasteiger partial charge < -0.3 is 10.8 Å². The highest BCUT2D eigenvalue weighted by atomic mass is 16.3. The molecule has 0 aliphatic heterocycles. The van der Waals surface area contributed by atoms with Crippen molar-refractivity contribution in [3.8, 4) is 0 Å². The third-order valence-electron chi connectivity index (χ3n) is 0.966. The molecule has 2 unspecified atom stereocenters. The van der Waals surface area contributed by atoms with E-state index in [0.29, 0.717) is 0 Å². The fourth-order valence-corrected chi connectivity index (χ4v) is 0.272. The van der Waals surface area contributed by atoms with E-state index in [0.717, 1.165) is 6.42 Å². The zero-order chi connectivity index (χ0) is 6.57. The molecule has 0 heterocycles. The number of rotatable bonds is 2. The molecular formula is C5H13NO. The largest absolute Gasteiger partial charge is 0.392 e. The van der Waals surface area contributed by atoms with Gasteiger partial charge in [-0.05, 0) is 13.3 Å². The van der Waals surface area contributed by atoms with Gasteiger partial charge in [0.1, 0.15) is 0 Å². The maximum atomic E-state index is 8.81. The van der Waals surface area contributed by atoms with Gasteiger partial charge >= 0.3 is 0 Å². The van der Waals surface area contributed by atoms with E-state index in [9.17, 15) is 0 Å². The summed E-state index contributed by atoms with van der Waals surface area (Å²) in [6.07, 6.45) is 0.0973. The van der Waals surface area contributed by atoms with Crippen LogP contribution in [0.1, 0.15) is 21.6 Å². The monoisotopic (exact) mass is 104 g/mol. The average Bonchev–Trinajstić information content (AvgIpc) is 1.84. The zero-order valence-electron chi connectivity index (χ0n) is 5.59. The molecule has 44 valence electrons. The number of hydrogen-bond acceptors (Lipinski definition) is 2. The predicted molar refractivity (Wildman–Crippen MR) is 29.9 cm³/mol. The first kappa shape index (κ1) is 5.06. The standard InChI is InChI=1S/C5H13NO/c1-3-5(6)4(2)7/h4-5,7H,3,6H2,1-2H3/i2D. The van der Waals surface area contributed by atoms with E-state index >= 15 is 0 Å². The molecule has 0 bridgehead atoms. The van der Waals surface area contributed by atoms with E-state index in [2.05, 4.69) is 0 Å². The van der Waals surface area contributed by atoms with Crippen molar-refractivity contribution < 1.29 is 6.48 Å². The molecule has 2 nitrogen and oxygen atoms in total. The van der Waals surface area contributed by atoms with Crippen molar-refractivity contribution in [2.24, 2.45) is 5.73 Å². The molecule has 0 aromatic carbocycles. The Bertz CT molecular complexity index is 52.4. The minimum absolute atomic E-state index is 0.00894. The van der Waals surface area contributed by atoms with Gasteiger partial charge in [0.15, 0.2) is 0 Å². The molecule has 2 atom stereocenters. The fourth-order valence-electron chi connectivity index (χ4n) is 0.272. The van der Waals surface area contributed by atoms with Crippen LogP contribution in [0.4, 0.5) is 0 Å². The Morgan fingerprint density at radius 2 is 2.57 bits per heavy atom. The molecule has 0 amide bonds. The number of hydrogen-bond donors (Lipinski definition) is 2. The lowest BCUT2D eigenvalue weighted by Crippen LogP contribution is -2.31. The molecule has 3 N–H and O–H groups in total. The second-order valence-corrected chi connectivity index (χ2v) is 1.64. The highest BCUT2D eigenvalue weighted by molar-refractivity contribution is 4.63. The highest BCUT2D eigenvalue weighted by Crippen LogP contribution is 1.91. The molecule has 0 aliphatic rings. The quantitative estimate of drug-likeness (QED) is 0.522. The van der Waals surface area contributed by atoms with Crippen molar-refractivity contribution in [3.05, 3.63) is 0 Å². The van der Waals surface area contributed by atoms with Crippen LogP contribution >= 0.6 is 0 Å². The van der Waals surface area contributed by atoms with E-state index < -0.39 is 6.10 Å². The number of aliphatic hydroxyl groups is 1. The molecule has 0 saturated heterocycles. The molecule has 0 aromatic heterocycles. The Kier molecular flexibility index (Phi) is 2.17. The van der Waals surface area contributed by atoms with Crippen LogP contribution in [0.2, 0.25) is 0 Å². The van der Waals surface area contributed by atoms with Crippen molar-refractivity contribution >= 4 is 0 Å². The Balaban J connectivity index is 3.29. The summed E-state index contributed by atoms with van der Waals surface area (Å²) in [6.45, 7) is 1.90. The van der Waals surface area contributed by atoms with Gasteiger partial charge in [0.25, 0.3) is 0 Å². The van der Waals surface area contributed by atoms with Gasteiger partial charge in [-0.3, -0.25) is 0 Å². The highest BCUT2D eigenvalue weighted by Gasteiger charge is 2.03. The molecule has 2 heteroatoms. The van der Waals surface area contributed by atoms with Crippen LogP contribution in [0.25, 0.3) is 0 Å². The summed E-state index contributed by atoms with van der Waals surface area (Å²) in [5.74, 6) is 0. The lowest BCUT2D eigenvalue weighted by molar-refractivity contribution is 0.161. The molecular weight excluding hydrogens is 90.1 g/mol. The van der Waals surface area contributed by atoms with Gasteiger partial charge in [-0.2, -0.15) is 0 Å². The van der Waals surface area contributed by atoms with Gasteiger partial charge in [0.05, 0.1) is 6.10 Å². The topological polar surface area (TPSA) is 46.2 Å². The van der Waals surface area contributed by atoms with Crippen molar-refractivity contribution in [2.45, 2.75) is 32.4 Å². The third-order valence-corrected chi connectivity index (χ3v) is 0.966. The Hall–Kier alpha value is -0.0800. The first-order valence-electron chi connectivity index (χ1n) is 3.16. The van der Waals surface area contributed by atoms with Crippen LogP contribution in [0.15, 0.2) is 0 Å². The second-order valence-electron chi connectivity index (χ2n) is 1.64. The van der Waals surface area contributed by atoms with Crippen molar-refractivity contribution in [2.75, 3.05) is 0 Å². The first-order valence-corrected chi connectivity index (χ1v) is 2.45. The molecule has 0 aliphatic carbocycles. The maximum absolute atomic E-state index is 8.81. The summed E-state index contributed by atoms with van der Waals surface area (Å²) in [5, 5.41) is 8.81. The third kappa shape index (κ3) is 2.60. The molecule has 0 spiro atoms. The van der Waals surface area contributed by atoms with Crippen LogP contribution in [0.3, 0.4) is 0 Å². The number of aliphatic hydroxyl groups excluding tert-OH is 1. The van der Waals surface area contributed by atoms with Gasteiger partial charge in [0.2, 0.25) is 0 Å². The lowest BCUT2D eigenvalue weighted by atomic mass is 10.1. The summed E-state index contributed by atoms with van der Waals surface area (Å²) < 4.78 is 6.71. The van der Waals surface area contributed by atoms with Crippen LogP contribution < -0.4 is 5.73 Å². The lowest BCUT2D eigenvalue weighted by Gasteiger charge is -2.09. The SMILES string of the molecule is [2H]CC(O)C(N)CC. The minimum atomic E-state index is -0.639. The first-order chi connectivity index (χ1) is 3.72. The Labute approximate surface area is 45.7 Å². The summed E-state index contributed by atoms with van der Waals surface area (Å²) in [7, 11) is 0. The van der Waals surface area contributed by atoms with Gasteiger partial charge in [-0.25, -0.2) is 0 Å². The van der Waals surface area contributed by atoms with Crippen LogP contribution in [-0.4, -0.2) is 17.3 Å².